The lowest BCUT2D eigenvalue weighted by Crippen LogP contribution is -2.50. The van der Waals surface area contributed by atoms with E-state index in [4.69, 9.17) is 0 Å². The smallest absolute Gasteiger partial charge is 0.323 e. The van der Waals surface area contributed by atoms with Crippen molar-refractivity contribution in [2.45, 2.75) is 55.5 Å². The first-order valence-electron chi connectivity index (χ1n) is 7.40. The summed E-state index contributed by atoms with van der Waals surface area (Å²) < 4.78 is 1.13. The molecule has 1 aliphatic carbocycles. The maximum Gasteiger partial charge on any atom is 0.323 e. The van der Waals surface area contributed by atoms with Gasteiger partial charge in [-0.05, 0) is 66.4 Å². The third kappa shape index (κ3) is 5.31. The number of hydrogen-bond donors (Lipinski definition) is 2. The Balaban J connectivity index is 1.70. The van der Waals surface area contributed by atoms with Gasteiger partial charge in [-0.1, -0.05) is 18.6 Å². The highest BCUT2D eigenvalue weighted by Crippen LogP contribution is 2.29. The number of nitrogens with one attached hydrogen (secondary N) is 1. The number of aliphatic carboxylic acids is 1. The van der Waals surface area contributed by atoms with E-state index in [-0.39, 0.29) is 0 Å². The predicted octanol–water partition coefficient (Wildman–Crippen LogP) is 4.31. The van der Waals surface area contributed by atoms with Crippen molar-refractivity contribution < 1.29 is 9.90 Å². The molecule has 0 spiro atoms. The first-order chi connectivity index (χ1) is 10.0. The molecule has 0 radical (unpaired) electrons. The van der Waals surface area contributed by atoms with Gasteiger partial charge in [-0.2, -0.15) is 0 Å². The molecule has 1 aromatic carbocycles. The minimum atomic E-state index is -0.765. The van der Waals surface area contributed by atoms with E-state index in [1.54, 1.807) is 0 Å². The monoisotopic (exact) mass is 371 g/mol. The van der Waals surface area contributed by atoms with E-state index in [1.807, 2.05) is 36.9 Å². The lowest BCUT2D eigenvalue weighted by atomic mass is 9.95. The summed E-state index contributed by atoms with van der Waals surface area (Å²) >= 11 is 5.36. The van der Waals surface area contributed by atoms with Gasteiger partial charge in [-0.25, -0.2) is 0 Å². The molecule has 0 heterocycles. The Morgan fingerprint density at radius 2 is 2.14 bits per heavy atom. The van der Waals surface area contributed by atoms with Crippen LogP contribution in [0.1, 0.15) is 39.0 Å². The van der Waals surface area contributed by atoms with Crippen LogP contribution in [0, 0.1) is 0 Å². The normalized spacial score (nSPS) is 17.4. The van der Waals surface area contributed by atoms with E-state index in [1.165, 1.54) is 4.90 Å². The molecule has 1 atom stereocenters. The third-order valence-electron chi connectivity index (χ3n) is 3.74. The van der Waals surface area contributed by atoms with E-state index >= 15 is 0 Å². The van der Waals surface area contributed by atoms with Gasteiger partial charge in [0, 0.05) is 15.4 Å². The summed E-state index contributed by atoms with van der Waals surface area (Å²) in [6, 6.07) is 8.61. The number of hydrogen-bond acceptors (Lipinski definition) is 3. The second-order valence-electron chi connectivity index (χ2n) is 5.79. The summed E-state index contributed by atoms with van der Waals surface area (Å²) in [5.74, 6) is 0.287. The van der Waals surface area contributed by atoms with Gasteiger partial charge in [0.25, 0.3) is 0 Å². The topological polar surface area (TPSA) is 49.3 Å². The van der Waals surface area contributed by atoms with Gasteiger partial charge in [0.05, 0.1) is 0 Å². The molecule has 0 bridgehead atoms. The number of rotatable bonds is 9. The summed E-state index contributed by atoms with van der Waals surface area (Å²) in [4.78, 5) is 12.7. The second kappa shape index (κ2) is 7.65. The van der Waals surface area contributed by atoms with E-state index in [0.29, 0.717) is 12.5 Å². The first-order valence-corrected chi connectivity index (χ1v) is 9.17. The van der Waals surface area contributed by atoms with Crippen molar-refractivity contribution in [3.63, 3.8) is 0 Å². The fourth-order valence-electron chi connectivity index (χ4n) is 2.24. The average Bonchev–Trinajstić information content (AvgIpc) is 3.24. The Morgan fingerprint density at radius 1 is 1.43 bits per heavy atom. The van der Waals surface area contributed by atoms with Gasteiger partial charge in [0.1, 0.15) is 5.54 Å². The fourth-order valence-corrected chi connectivity index (χ4v) is 3.82. The SMILES string of the molecule is CC(CCCCSc1ccccc1Br)(NC1CC1)C(=O)O. The van der Waals surface area contributed by atoms with Crippen LogP contribution >= 0.6 is 27.7 Å². The van der Waals surface area contributed by atoms with Crippen molar-refractivity contribution in [1.29, 1.82) is 0 Å². The summed E-state index contributed by atoms with van der Waals surface area (Å²) in [7, 11) is 0. The Bertz CT molecular complexity index is 493. The Kier molecular flexibility index (Phi) is 6.14. The maximum atomic E-state index is 11.4. The Hall–Kier alpha value is -0.520. The Morgan fingerprint density at radius 3 is 2.76 bits per heavy atom. The first kappa shape index (κ1) is 16.8. The largest absolute Gasteiger partial charge is 0.480 e. The zero-order chi connectivity index (χ0) is 15.3. The van der Waals surface area contributed by atoms with Gasteiger partial charge in [0.15, 0.2) is 0 Å². The summed E-state index contributed by atoms with van der Waals surface area (Å²) in [6.45, 7) is 1.81. The number of unbranched alkanes of at least 4 members (excludes halogenated alkanes) is 1. The van der Waals surface area contributed by atoms with Crippen molar-refractivity contribution in [1.82, 2.24) is 5.32 Å². The highest BCUT2D eigenvalue weighted by molar-refractivity contribution is 9.10. The molecule has 0 aliphatic heterocycles. The highest BCUT2D eigenvalue weighted by atomic mass is 79.9. The molecule has 116 valence electrons. The van der Waals surface area contributed by atoms with Crippen LogP contribution in [0.5, 0.6) is 0 Å². The lowest BCUT2D eigenvalue weighted by molar-refractivity contribution is -0.144. The lowest BCUT2D eigenvalue weighted by Gasteiger charge is -2.26. The van der Waals surface area contributed by atoms with Crippen LogP contribution < -0.4 is 5.32 Å². The minimum Gasteiger partial charge on any atom is -0.480 e. The molecular formula is C16H22BrNO2S. The van der Waals surface area contributed by atoms with E-state index < -0.39 is 11.5 Å². The van der Waals surface area contributed by atoms with Crippen molar-refractivity contribution >= 4 is 33.7 Å². The van der Waals surface area contributed by atoms with Crippen molar-refractivity contribution in [2.24, 2.45) is 0 Å². The van der Waals surface area contributed by atoms with Crippen molar-refractivity contribution in [3.8, 4) is 0 Å². The zero-order valence-electron chi connectivity index (χ0n) is 12.3. The molecule has 5 heteroatoms. The van der Waals surface area contributed by atoms with E-state index in [2.05, 4.69) is 27.3 Å². The fraction of sp³-hybridized carbons (Fsp3) is 0.562. The average molecular weight is 372 g/mol. The minimum absolute atomic E-state index is 0.417. The van der Waals surface area contributed by atoms with Crippen LogP contribution in [0.15, 0.2) is 33.6 Å². The van der Waals surface area contributed by atoms with Gasteiger partial charge < -0.3 is 5.11 Å². The Labute approximate surface area is 139 Å². The van der Waals surface area contributed by atoms with Gasteiger partial charge in [-0.15, -0.1) is 11.8 Å². The molecule has 1 aromatic rings. The van der Waals surface area contributed by atoms with Crippen LogP contribution in [0.2, 0.25) is 0 Å². The van der Waals surface area contributed by atoms with Crippen LogP contribution in [-0.2, 0) is 4.79 Å². The quantitative estimate of drug-likeness (QED) is 0.501. The van der Waals surface area contributed by atoms with Crippen molar-refractivity contribution in [2.75, 3.05) is 5.75 Å². The predicted molar refractivity (Wildman–Crippen MR) is 90.9 cm³/mol. The van der Waals surface area contributed by atoms with Gasteiger partial charge >= 0.3 is 5.97 Å². The second-order valence-corrected chi connectivity index (χ2v) is 7.78. The number of benzene rings is 1. The molecular weight excluding hydrogens is 350 g/mol. The van der Waals surface area contributed by atoms with Crippen LogP contribution in [0.4, 0.5) is 0 Å². The molecule has 0 amide bonds. The number of thioether (sulfide) groups is 1. The molecule has 1 fully saturated rings. The standard InChI is InChI=1S/C16H22BrNO2S/c1-16(15(19)20,18-12-8-9-12)10-4-5-11-21-14-7-3-2-6-13(14)17/h2-3,6-7,12,18H,4-5,8-11H2,1H3,(H,19,20). The molecule has 1 unspecified atom stereocenters. The van der Waals surface area contributed by atoms with Gasteiger partial charge in [0.2, 0.25) is 0 Å². The summed E-state index contributed by atoms with van der Waals surface area (Å²) in [5, 5.41) is 12.7. The van der Waals surface area contributed by atoms with Crippen LogP contribution in [-0.4, -0.2) is 28.4 Å². The summed E-state index contributed by atoms with van der Waals surface area (Å²) in [5.41, 5.74) is -0.765. The maximum absolute atomic E-state index is 11.4. The molecule has 21 heavy (non-hydrogen) atoms. The number of halogens is 1. The molecule has 0 aromatic heterocycles. The van der Waals surface area contributed by atoms with Crippen molar-refractivity contribution in [3.05, 3.63) is 28.7 Å². The summed E-state index contributed by atoms with van der Waals surface area (Å²) in [6.07, 6.45) is 4.87. The molecule has 3 nitrogen and oxygen atoms in total. The highest BCUT2D eigenvalue weighted by Gasteiger charge is 2.37. The van der Waals surface area contributed by atoms with Crippen LogP contribution in [0.3, 0.4) is 0 Å². The molecule has 1 aliphatic rings. The number of carboxylic acids is 1. The van der Waals surface area contributed by atoms with Gasteiger partial charge in [-0.3, -0.25) is 10.1 Å². The molecule has 2 N–H and O–H groups in total. The van der Waals surface area contributed by atoms with E-state index in [0.717, 1.165) is 35.9 Å². The third-order valence-corrected chi connectivity index (χ3v) is 5.85. The zero-order valence-corrected chi connectivity index (χ0v) is 14.7. The van der Waals surface area contributed by atoms with Crippen LogP contribution in [0.25, 0.3) is 0 Å². The number of carbonyl (C=O) groups is 1. The molecule has 0 saturated heterocycles. The molecule has 2 rings (SSSR count). The molecule has 1 saturated carbocycles. The number of carboxylic acid groups (broad SMARTS) is 1. The van der Waals surface area contributed by atoms with E-state index in [9.17, 15) is 9.90 Å².